The van der Waals surface area contributed by atoms with Crippen LogP contribution in [0.4, 0.5) is 0 Å². The van der Waals surface area contributed by atoms with Gasteiger partial charge in [0.1, 0.15) is 0 Å². The maximum atomic E-state index is 9.44. The quantitative estimate of drug-likeness (QED) is 0.590. The number of rotatable bonds is 1. The van der Waals surface area contributed by atoms with Gasteiger partial charge < -0.3 is 9.84 Å². The molecule has 0 radical (unpaired) electrons. The number of hydrogen-bond acceptors (Lipinski definition) is 2. The van der Waals surface area contributed by atoms with E-state index < -0.39 is 0 Å². The van der Waals surface area contributed by atoms with Gasteiger partial charge in [0.25, 0.3) is 0 Å². The van der Waals surface area contributed by atoms with Gasteiger partial charge >= 0.3 is 0 Å². The molecule has 1 spiro atoms. The Bertz CT molecular complexity index is 140. The number of aliphatic hydroxyl groups excluding tert-OH is 1. The SMILES string of the molecule is CO[C@@H]1C[C@@H](O)C12CCC2. The Balaban J connectivity index is 2.03. The van der Waals surface area contributed by atoms with Crippen LogP contribution in [0.15, 0.2) is 0 Å². The lowest BCUT2D eigenvalue weighted by Crippen LogP contribution is -2.61. The van der Waals surface area contributed by atoms with E-state index >= 15 is 0 Å². The molecule has 2 fully saturated rings. The zero-order valence-electron chi connectivity index (χ0n) is 6.34. The second kappa shape index (κ2) is 1.95. The van der Waals surface area contributed by atoms with Crippen molar-refractivity contribution in [3.05, 3.63) is 0 Å². The molecule has 2 aliphatic carbocycles. The number of aliphatic hydroxyl groups is 1. The monoisotopic (exact) mass is 142 g/mol. The summed E-state index contributed by atoms with van der Waals surface area (Å²) in [5.74, 6) is 0. The first-order valence-corrected chi connectivity index (χ1v) is 4.00. The third-order valence-electron chi connectivity index (χ3n) is 3.31. The predicted molar refractivity (Wildman–Crippen MR) is 37.7 cm³/mol. The fourth-order valence-corrected chi connectivity index (χ4v) is 2.30. The Labute approximate surface area is 61.2 Å². The minimum absolute atomic E-state index is 0.0637. The molecule has 2 rings (SSSR count). The van der Waals surface area contributed by atoms with Gasteiger partial charge in [0.2, 0.25) is 0 Å². The van der Waals surface area contributed by atoms with Crippen LogP contribution in [0.3, 0.4) is 0 Å². The van der Waals surface area contributed by atoms with Crippen LogP contribution in [0.5, 0.6) is 0 Å². The molecule has 0 saturated heterocycles. The second-order valence-corrected chi connectivity index (χ2v) is 3.56. The molecule has 2 saturated carbocycles. The van der Waals surface area contributed by atoms with Crippen molar-refractivity contribution >= 4 is 0 Å². The zero-order chi connectivity index (χ0) is 7.19. The van der Waals surface area contributed by atoms with Gasteiger partial charge in [0, 0.05) is 18.9 Å². The molecule has 0 bridgehead atoms. The minimum atomic E-state index is -0.0637. The number of ether oxygens (including phenoxy) is 1. The van der Waals surface area contributed by atoms with Crippen LogP contribution in [0.25, 0.3) is 0 Å². The molecular formula is C8H14O2. The van der Waals surface area contributed by atoms with Gasteiger partial charge in [-0.3, -0.25) is 0 Å². The van der Waals surface area contributed by atoms with E-state index in [0.29, 0.717) is 6.10 Å². The fourth-order valence-electron chi connectivity index (χ4n) is 2.30. The lowest BCUT2D eigenvalue weighted by molar-refractivity contribution is -0.217. The number of methoxy groups -OCH3 is 1. The number of hydrogen-bond donors (Lipinski definition) is 1. The van der Waals surface area contributed by atoms with E-state index in [9.17, 15) is 5.11 Å². The van der Waals surface area contributed by atoms with Crippen molar-refractivity contribution in [3.63, 3.8) is 0 Å². The minimum Gasteiger partial charge on any atom is -0.392 e. The molecule has 0 aliphatic heterocycles. The summed E-state index contributed by atoms with van der Waals surface area (Å²) >= 11 is 0. The van der Waals surface area contributed by atoms with Gasteiger partial charge in [0.05, 0.1) is 12.2 Å². The summed E-state index contributed by atoms with van der Waals surface area (Å²) in [6.07, 6.45) is 4.77. The summed E-state index contributed by atoms with van der Waals surface area (Å²) < 4.78 is 5.25. The summed E-state index contributed by atoms with van der Waals surface area (Å²) in [4.78, 5) is 0. The third kappa shape index (κ3) is 0.565. The van der Waals surface area contributed by atoms with Crippen LogP contribution in [0.2, 0.25) is 0 Å². The van der Waals surface area contributed by atoms with Crippen LogP contribution < -0.4 is 0 Å². The highest BCUT2D eigenvalue weighted by molar-refractivity contribution is 5.08. The van der Waals surface area contributed by atoms with Crippen LogP contribution in [-0.2, 0) is 4.74 Å². The summed E-state index contributed by atoms with van der Waals surface area (Å²) in [6, 6.07) is 0. The van der Waals surface area contributed by atoms with Gasteiger partial charge in [-0.1, -0.05) is 6.42 Å². The van der Waals surface area contributed by atoms with E-state index in [4.69, 9.17) is 4.74 Å². The molecule has 58 valence electrons. The standard InChI is InChI=1S/C8H14O2/c1-10-7-5-6(9)8(7)3-2-4-8/h6-7,9H,2-5H2,1H3/t6-,7-/m1/s1. The first-order chi connectivity index (χ1) is 4.79. The van der Waals surface area contributed by atoms with E-state index in [1.165, 1.54) is 19.3 Å². The topological polar surface area (TPSA) is 29.5 Å². The van der Waals surface area contributed by atoms with Crippen molar-refractivity contribution in [2.24, 2.45) is 5.41 Å². The largest absolute Gasteiger partial charge is 0.392 e. The van der Waals surface area contributed by atoms with E-state index in [0.717, 1.165) is 6.42 Å². The van der Waals surface area contributed by atoms with Crippen molar-refractivity contribution in [1.29, 1.82) is 0 Å². The lowest BCUT2D eigenvalue weighted by atomic mass is 9.52. The third-order valence-corrected chi connectivity index (χ3v) is 3.31. The zero-order valence-corrected chi connectivity index (χ0v) is 6.34. The first-order valence-electron chi connectivity index (χ1n) is 4.00. The lowest BCUT2D eigenvalue weighted by Gasteiger charge is -2.58. The predicted octanol–water partition coefficient (Wildman–Crippen LogP) is 0.936. The first kappa shape index (κ1) is 6.62. The molecule has 0 amide bonds. The summed E-state index contributed by atoms with van der Waals surface area (Å²) in [7, 11) is 1.75. The molecule has 2 aliphatic rings. The van der Waals surface area contributed by atoms with Gasteiger partial charge in [-0.15, -0.1) is 0 Å². The van der Waals surface area contributed by atoms with Crippen molar-refractivity contribution in [3.8, 4) is 0 Å². The Morgan fingerprint density at radius 3 is 2.40 bits per heavy atom. The van der Waals surface area contributed by atoms with E-state index in [1.807, 2.05) is 0 Å². The van der Waals surface area contributed by atoms with Gasteiger partial charge in [-0.05, 0) is 12.8 Å². The van der Waals surface area contributed by atoms with Crippen LogP contribution in [0.1, 0.15) is 25.7 Å². The van der Waals surface area contributed by atoms with Crippen molar-refractivity contribution in [2.75, 3.05) is 7.11 Å². The van der Waals surface area contributed by atoms with Crippen molar-refractivity contribution < 1.29 is 9.84 Å². The van der Waals surface area contributed by atoms with Gasteiger partial charge in [0.15, 0.2) is 0 Å². The smallest absolute Gasteiger partial charge is 0.0677 e. The van der Waals surface area contributed by atoms with Crippen LogP contribution in [0, 0.1) is 5.41 Å². The Morgan fingerprint density at radius 2 is 2.20 bits per heavy atom. The Hall–Kier alpha value is -0.0800. The van der Waals surface area contributed by atoms with Crippen LogP contribution in [-0.4, -0.2) is 24.4 Å². The molecule has 2 nitrogen and oxygen atoms in total. The molecule has 0 aromatic heterocycles. The summed E-state index contributed by atoms with van der Waals surface area (Å²) in [5, 5.41) is 9.44. The van der Waals surface area contributed by atoms with Gasteiger partial charge in [-0.2, -0.15) is 0 Å². The van der Waals surface area contributed by atoms with Crippen molar-refractivity contribution in [2.45, 2.75) is 37.9 Å². The highest BCUT2D eigenvalue weighted by Gasteiger charge is 2.58. The van der Waals surface area contributed by atoms with E-state index in [2.05, 4.69) is 0 Å². The van der Waals surface area contributed by atoms with E-state index in [1.54, 1.807) is 7.11 Å². The molecule has 1 N–H and O–H groups in total. The van der Waals surface area contributed by atoms with E-state index in [-0.39, 0.29) is 11.5 Å². The van der Waals surface area contributed by atoms with Crippen molar-refractivity contribution in [1.82, 2.24) is 0 Å². The summed E-state index contributed by atoms with van der Waals surface area (Å²) in [5.41, 5.74) is 0.203. The average molecular weight is 142 g/mol. The van der Waals surface area contributed by atoms with Crippen LogP contribution >= 0.6 is 0 Å². The maximum Gasteiger partial charge on any atom is 0.0677 e. The molecule has 2 heteroatoms. The molecular weight excluding hydrogens is 128 g/mol. The maximum absolute atomic E-state index is 9.44. The average Bonchev–Trinajstić information content (AvgIpc) is 1.78. The molecule has 2 atom stereocenters. The highest BCUT2D eigenvalue weighted by Crippen LogP contribution is 2.56. The Morgan fingerprint density at radius 1 is 1.50 bits per heavy atom. The fraction of sp³-hybridized carbons (Fsp3) is 1.00. The molecule has 10 heavy (non-hydrogen) atoms. The normalized spacial score (nSPS) is 42.6. The molecule has 0 heterocycles. The molecule has 0 aromatic carbocycles. The summed E-state index contributed by atoms with van der Waals surface area (Å²) in [6.45, 7) is 0. The molecule has 0 aromatic rings. The highest BCUT2D eigenvalue weighted by atomic mass is 16.5. The van der Waals surface area contributed by atoms with Gasteiger partial charge in [-0.25, -0.2) is 0 Å². The second-order valence-electron chi connectivity index (χ2n) is 3.56. The Kier molecular flexibility index (Phi) is 1.29. The molecule has 0 unspecified atom stereocenters.